The molecule has 1 unspecified atom stereocenters. The number of benzene rings is 3. The molecule has 1 N–H and O–H groups in total. The number of amides is 2. The molecule has 0 bridgehead atoms. The van der Waals surface area contributed by atoms with Gasteiger partial charge >= 0.3 is 0 Å². The molecule has 45 heavy (non-hydrogen) atoms. The standard InChI is InChI=1S/C36H45ClFN5O2/c1-4-41(5-2)25-34(27-9-7-6-8-10-27)42-17-19-43(20-18-42)36(45)32(21-26-11-14-30(37)15-12-26)39-35(44)33-23-28-13-16-31(38)22-29(28)24-40(33)3/h6-16,22,32-34H,4-5,17-21,23-25H2,1-3H3,(H,39,44)/t32-,33-,34?/m1/s1. The fourth-order valence-electron chi connectivity index (χ4n) is 6.61. The van der Waals surface area contributed by atoms with Gasteiger partial charge in [0.1, 0.15) is 11.9 Å². The van der Waals surface area contributed by atoms with E-state index < -0.39 is 12.1 Å². The number of rotatable bonds is 11. The van der Waals surface area contributed by atoms with Crippen LogP contribution in [0.2, 0.25) is 5.02 Å². The molecular formula is C36H45ClFN5O2. The molecule has 1 saturated heterocycles. The highest BCUT2D eigenvalue weighted by atomic mass is 35.5. The highest BCUT2D eigenvalue weighted by Gasteiger charge is 2.35. The summed E-state index contributed by atoms with van der Waals surface area (Å²) in [6.45, 7) is 10.5. The summed E-state index contributed by atoms with van der Waals surface area (Å²) >= 11 is 6.14. The van der Waals surface area contributed by atoms with E-state index in [9.17, 15) is 14.0 Å². The van der Waals surface area contributed by atoms with Gasteiger partial charge in [0.05, 0.1) is 6.04 Å². The van der Waals surface area contributed by atoms with Gasteiger partial charge in [0.15, 0.2) is 0 Å². The van der Waals surface area contributed by atoms with Crippen molar-refractivity contribution in [2.24, 2.45) is 0 Å². The summed E-state index contributed by atoms with van der Waals surface area (Å²) in [4.78, 5) is 36.6. The Morgan fingerprint density at radius 3 is 2.31 bits per heavy atom. The average Bonchev–Trinajstić information content (AvgIpc) is 3.06. The van der Waals surface area contributed by atoms with Crippen molar-refractivity contribution in [3.8, 4) is 0 Å². The number of carbonyl (C=O) groups is 2. The Bertz CT molecular complexity index is 1430. The topological polar surface area (TPSA) is 59.1 Å². The van der Waals surface area contributed by atoms with Crippen LogP contribution in [0.4, 0.5) is 4.39 Å². The van der Waals surface area contributed by atoms with Crippen LogP contribution >= 0.6 is 11.6 Å². The minimum atomic E-state index is -0.714. The molecule has 3 aromatic rings. The molecule has 7 nitrogen and oxygen atoms in total. The van der Waals surface area contributed by atoms with Crippen LogP contribution in [0.15, 0.2) is 72.8 Å². The number of nitrogens with one attached hydrogen (secondary N) is 1. The van der Waals surface area contributed by atoms with Crippen LogP contribution < -0.4 is 5.32 Å². The van der Waals surface area contributed by atoms with E-state index in [2.05, 4.69) is 53.2 Å². The monoisotopic (exact) mass is 633 g/mol. The lowest BCUT2D eigenvalue weighted by molar-refractivity contribution is -0.139. The highest BCUT2D eigenvalue weighted by Crippen LogP contribution is 2.26. The number of likely N-dealkylation sites (N-methyl/N-ethyl adjacent to an activating group) is 2. The van der Waals surface area contributed by atoms with Gasteiger partial charge in [-0.1, -0.05) is 74.0 Å². The van der Waals surface area contributed by atoms with Crippen molar-refractivity contribution in [1.82, 2.24) is 24.9 Å². The summed E-state index contributed by atoms with van der Waals surface area (Å²) in [7, 11) is 1.87. The number of carbonyl (C=O) groups excluding carboxylic acids is 2. The summed E-state index contributed by atoms with van der Waals surface area (Å²) in [5.41, 5.74) is 4.07. The maximum absolute atomic E-state index is 14.1. The second-order valence-corrected chi connectivity index (χ2v) is 12.6. The van der Waals surface area contributed by atoms with E-state index in [-0.39, 0.29) is 23.7 Å². The van der Waals surface area contributed by atoms with E-state index >= 15 is 0 Å². The first-order chi connectivity index (χ1) is 21.7. The van der Waals surface area contributed by atoms with Gasteiger partial charge in [0.2, 0.25) is 11.8 Å². The van der Waals surface area contributed by atoms with E-state index in [0.29, 0.717) is 37.5 Å². The van der Waals surface area contributed by atoms with Crippen LogP contribution in [0.1, 0.15) is 42.1 Å². The molecule has 0 aliphatic carbocycles. The Kier molecular flexibility index (Phi) is 11.3. The highest BCUT2D eigenvalue weighted by molar-refractivity contribution is 6.30. The molecule has 2 aliphatic rings. The van der Waals surface area contributed by atoms with Crippen LogP contribution in [-0.2, 0) is 29.0 Å². The van der Waals surface area contributed by atoms with Gasteiger partial charge in [-0.15, -0.1) is 0 Å². The SMILES string of the molecule is CCN(CC)CC(c1ccccc1)N1CCN(C(=O)[C@@H](Cc2ccc(Cl)cc2)NC(=O)[C@H]2Cc3ccc(F)cc3CN2C)CC1. The number of piperazine rings is 1. The molecule has 240 valence electrons. The fraction of sp³-hybridized carbons (Fsp3) is 0.444. The summed E-state index contributed by atoms with van der Waals surface area (Å²) < 4.78 is 13.8. The summed E-state index contributed by atoms with van der Waals surface area (Å²) in [5.74, 6) is -0.539. The third kappa shape index (κ3) is 8.30. The van der Waals surface area contributed by atoms with E-state index in [1.165, 1.54) is 17.7 Å². The predicted molar refractivity (Wildman–Crippen MR) is 178 cm³/mol. The molecule has 0 aromatic heterocycles. The Labute approximate surface area is 271 Å². The van der Waals surface area contributed by atoms with Gasteiger partial charge in [-0.05, 0) is 73.1 Å². The normalized spacial score (nSPS) is 18.8. The number of nitrogens with zero attached hydrogens (tertiary/aromatic N) is 4. The summed E-state index contributed by atoms with van der Waals surface area (Å²) in [6, 6.07) is 21.9. The van der Waals surface area contributed by atoms with Crippen LogP contribution in [0.3, 0.4) is 0 Å². The molecular weight excluding hydrogens is 589 g/mol. The lowest BCUT2D eigenvalue weighted by Gasteiger charge is -2.42. The van der Waals surface area contributed by atoms with Crippen molar-refractivity contribution in [3.05, 3.63) is 106 Å². The Hall–Kier alpha value is -3.30. The lowest BCUT2D eigenvalue weighted by atomic mass is 9.93. The molecule has 2 amide bonds. The minimum Gasteiger partial charge on any atom is -0.343 e. The molecule has 1 fully saturated rings. The molecule has 0 radical (unpaired) electrons. The molecule has 3 aromatic carbocycles. The quantitative estimate of drug-likeness (QED) is 0.329. The van der Waals surface area contributed by atoms with Gasteiger partial charge in [-0.3, -0.25) is 19.4 Å². The van der Waals surface area contributed by atoms with E-state index in [1.807, 2.05) is 47.2 Å². The largest absolute Gasteiger partial charge is 0.343 e. The summed E-state index contributed by atoms with van der Waals surface area (Å²) in [5, 5.41) is 3.75. The van der Waals surface area contributed by atoms with Crippen molar-refractivity contribution in [2.45, 2.75) is 51.4 Å². The molecule has 5 rings (SSSR count). The maximum Gasteiger partial charge on any atom is 0.245 e. The fourth-order valence-corrected chi connectivity index (χ4v) is 6.73. The van der Waals surface area contributed by atoms with Crippen molar-refractivity contribution < 1.29 is 14.0 Å². The summed E-state index contributed by atoms with van der Waals surface area (Å²) in [6.07, 6.45) is 0.834. The zero-order chi connectivity index (χ0) is 31.9. The van der Waals surface area contributed by atoms with Crippen LogP contribution in [-0.4, -0.2) is 96.4 Å². The lowest BCUT2D eigenvalue weighted by Crippen LogP contribution is -2.59. The van der Waals surface area contributed by atoms with Gasteiger partial charge in [-0.2, -0.15) is 0 Å². The van der Waals surface area contributed by atoms with Crippen LogP contribution in [0, 0.1) is 5.82 Å². The molecule has 3 atom stereocenters. The number of fused-ring (bicyclic) bond motifs is 1. The number of hydrogen-bond donors (Lipinski definition) is 1. The predicted octanol–water partition coefficient (Wildman–Crippen LogP) is 4.79. The van der Waals surface area contributed by atoms with Gasteiger partial charge < -0.3 is 15.1 Å². The van der Waals surface area contributed by atoms with E-state index in [0.717, 1.165) is 49.4 Å². The molecule has 0 saturated carbocycles. The Balaban J connectivity index is 1.30. The first-order valence-electron chi connectivity index (χ1n) is 16.1. The average molecular weight is 634 g/mol. The van der Waals surface area contributed by atoms with Crippen molar-refractivity contribution >= 4 is 23.4 Å². The van der Waals surface area contributed by atoms with Crippen LogP contribution in [0.25, 0.3) is 0 Å². The van der Waals surface area contributed by atoms with E-state index in [4.69, 9.17) is 11.6 Å². The van der Waals surface area contributed by atoms with Crippen molar-refractivity contribution in [2.75, 3.05) is 52.9 Å². The van der Waals surface area contributed by atoms with Gasteiger partial charge in [0.25, 0.3) is 0 Å². The Morgan fingerprint density at radius 2 is 1.64 bits per heavy atom. The van der Waals surface area contributed by atoms with Crippen LogP contribution in [0.5, 0.6) is 0 Å². The molecule has 0 spiro atoms. The van der Waals surface area contributed by atoms with E-state index in [1.54, 1.807) is 6.07 Å². The third-order valence-electron chi connectivity index (χ3n) is 9.38. The number of halogens is 2. The third-order valence-corrected chi connectivity index (χ3v) is 9.63. The second kappa shape index (κ2) is 15.3. The molecule has 2 heterocycles. The van der Waals surface area contributed by atoms with Crippen molar-refractivity contribution in [3.63, 3.8) is 0 Å². The number of hydrogen-bond acceptors (Lipinski definition) is 5. The smallest absolute Gasteiger partial charge is 0.245 e. The van der Waals surface area contributed by atoms with Crippen molar-refractivity contribution in [1.29, 1.82) is 0 Å². The second-order valence-electron chi connectivity index (χ2n) is 12.2. The Morgan fingerprint density at radius 1 is 0.956 bits per heavy atom. The molecule has 9 heteroatoms. The van der Waals surface area contributed by atoms with Gasteiger partial charge in [0, 0.05) is 56.8 Å². The first-order valence-corrected chi connectivity index (χ1v) is 16.5. The minimum absolute atomic E-state index is 0.0705. The zero-order valence-electron chi connectivity index (χ0n) is 26.6. The maximum atomic E-state index is 14.1. The first kappa shape index (κ1) is 33.1. The zero-order valence-corrected chi connectivity index (χ0v) is 27.3. The molecule has 2 aliphatic heterocycles. The van der Waals surface area contributed by atoms with Gasteiger partial charge in [-0.25, -0.2) is 4.39 Å².